The van der Waals surface area contributed by atoms with Crippen LogP contribution in [0.1, 0.15) is 58.1 Å². The van der Waals surface area contributed by atoms with Crippen molar-refractivity contribution in [1.82, 2.24) is 29.5 Å². The van der Waals surface area contributed by atoms with E-state index < -0.39 is 35.3 Å². The summed E-state index contributed by atoms with van der Waals surface area (Å²) in [6, 6.07) is 2.57. The number of fused-ring (bicyclic) bond motifs is 1. The van der Waals surface area contributed by atoms with Gasteiger partial charge in [-0.1, -0.05) is 0 Å². The summed E-state index contributed by atoms with van der Waals surface area (Å²) < 4.78 is 74.9. The SMILES string of the molecule is CCNc1cc2c(cn1)c(-c1cnn(C[C@H]3COC(C)(C)O3)c1)nn2C1CCC(Oc2nccc(C(F)(F)F)c2F)CC1. The molecule has 0 spiro atoms. The van der Waals surface area contributed by atoms with Gasteiger partial charge < -0.3 is 19.5 Å². The molecule has 4 aromatic heterocycles. The second-order valence-corrected chi connectivity index (χ2v) is 11.3. The number of ether oxygens (including phenoxy) is 3. The highest BCUT2D eigenvalue weighted by atomic mass is 19.4. The number of alkyl halides is 3. The third kappa shape index (κ3) is 6.16. The van der Waals surface area contributed by atoms with Crippen LogP contribution in [0.5, 0.6) is 5.88 Å². The molecule has 6 rings (SSSR count). The predicted octanol–water partition coefficient (Wildman–Crippen LogP) is 5.99. The van der Waals surface area contributed by atoms with Crippen molar-refractivity contribution in [2.45, 2.75) is 83.2 Å². The van der Waals surface area contributed by atoms with E-state index >= 15 is 0 Å². The maximum atomic E-state index is 14.5. The van der Waals surface area contributed by atoms with Crippen molar-refractivity contribution in [3.05, 3.63) is 48.3 Å². The quantitative estimate of drug-likeness (QED) is 0.245. The Kier molecular flexibility index (Phi) is 7.75. The summed E-state index contributed by atoms with van der Waals surface area (Å²) in [4.78, 5) is 8.29. The summed E-state index contributed by atoms with van der Waals surface area (Å²) in [5, 5.41) is 13.7. The van der Waals surface area contributed by atoms with Crippen LogP contribution in [0.3, 0.4) is 0 Å². The zero-order valence-electron chi connectivity index (χ0n) is 24.1. The van der Waals surface area contributed by atoms with Gasteiger partial charge in [0, 0.05) is 42.2 Å². The first kappa shape index (κ1) is 29.3. The fourth-order valence-corrected chi connectivity index (χ4v) is 5.74. The van der Waals surface area contributed by atoms with Crippen molar-refractivity contribution in [2.75, 3.05) is 18.5 Å². The Morgan fingerprint density at radius 2 is 1.93 bits per heavy atom. The lowest BCUT2D eigenvalue weighted by molar-refractivity contribution is -0.140. The molecule has 1 saturated carbocycles. The van der Waals surface area contributed by atoms with Crippen LogP contribution in [-0.4, -0.2) is 60.7 Å². The van der Waals surface area contributed by atoms with E-state index in [1.54, 1.807) is 12.4 Å². The Hall–Kier alpha value is -3.78. The molecule has 4 aromatic rings. The molecular weight excluding hydrogens is 570 g/mol. The normalized spacial score (nSPS) is 22.3. The molecule has 1 saturated heterocycles. The van der Waals surface area contributed by atoms with Crippen LogP contribution >= 0.6 is 0 Å². The molecule has 1 aliphatic heterocycles. The van der Waals surface area contributed by atoms with Gasteiger partial charge in [0.25, 0.3) is 5.88 Å². The number of pyridine rings is 2. The first-order valence-corrected chi connectivity index (χ1v) is 14.4. The van der Waals surface area contributed by atoms with Crippen LogP contribution in [0.25, 0.3) is 22.2 Å². The number of hydrogen-bond donors (Lipinski definition) is 1. The van der Waals surface area contributed by atoms with E-state index in [9.17, 15) is 17.6 Å². The van der Waals surface area contributed by atoms with E-state index in [-0.39, 0.29) is 12.1 Å². The molecule has 0 radical (unpaired) electrons. The molecule has 14 heteroatoms. The summed E-state index contributed by atoms with van der Waals surface area (Å²) >= 11 is 0. The average Bonchev–Trinajstić information content (AvgIpc) is 3.66. The Labute approximate surface area is 245 Å². The number of nitrogens with zero attached hydrogens (tertiary/aromatic N) is 6. The Morgan fingerprint density at radius 3 is 2.63 bits per heavy atom. The molecule has 1 N–H and O–H groups in total. The summed E-state index contributed by atoms with van der Waals surface area (Å²) in [6.45, 7) is 7.49. The van der Waals surface area contributed by atoms with Crippen molar-refractivity contribution in [3.63, 3.8) is 0 Å². The Balaban J connectivity index is 1.22. The van der Waals surface area contributed by atoms with Crippen molar-refractivity contribution in [1.29, 1.82) is 0 Å². The van der Waals surface area contributed by atoms with E-state index in [0.717, 1.165) is 34.2 Å². The number of halogens is 4. The fraction of sp³-hybridized carbons (Fsp3) is 0.517. The number of rotatable bonds is 8. The second-order valence-electron chi connectivity index (χ2n) is 11.3. The highest BCUT2D eigenvalue weighted by molar-refractivity contribution is 5.93. The van der Waals surface area contributed by atoms with Gasteiger partial charge in [-0.15, -0.1) is 0 Å². The highest BCUT2D eigenvalue weighted by Gasteiger charge is 2.37. The molecule has 2 aliphatic rings. The van der Waals surface area contributed by atoms with E-state index in [2.05, 4.69) is 20.4 Å². The summed E-state index contributed by atoms with van der Waals surface area (Å²) in [7, 11) is 0. The van der Waals surface area contributed by atoms with Crippen LogP contribution in [0.15, 0.2) is 36.9 Å². The van der Waals surface area contributed by atoms with E-state index in [4.69, 9.17) is 19.3 Å². The molecular formula is C29H33F4N7O3. The van der Waals surface area contributed by atoms with Crippen LogP contribution in [0.2, 0.25) is 0 Å². The lowest BCUT2D eigenvalue weighted by Gasteiger charge is -2.29. The van der Waals surface area contributed by atoms with Crippen LogP contribution < -0.4 is 10.1 Å². The molecule has 1 atom stereocenters. The topological polar surface area (TPSA) is 101 Å². The highest BCUT2D eigenvalue weighted by Crippen LogP contribution is 2.38. The summed E-state index contributed by atoms with van der Waals surface area (Å²) in [5.74, 6) is -2.00. The van der Waals surface area contributed by atoms with Gasteiger partial charge in [-0.2, -0.15) is 23.4 Å². The molecule has 230 valence electrons. The van der Waals surface area contributed by atoms with Gasteiger partial charge in [-0.05, 0) is 52.5 Å². The minimum Gasteiger partial charge on any atom is -0.472 e. The maximum Gasteiger partial charge on any atom is 0.419 e. The zero-order valence-corrected chi connectivity index (χ0v) is 24.1. The number of hydrogen-bond acceptors (Lipinski definition) is 8. The summed E-state index contributed by atoms with van der Waals surface area (Å²) in [5.41, 5.74) is 1.10. The Bertz CT molecular complexity index is 1590. The van der Waals surface area contributed by atoms with Gasteiger partial charge in [0.15, 0.2) is 11.6 Å². The number of aromatic nitrogens is 6. The molecule has 0 bridgehead atoms. The van der Waals surface area contributed by atoms with Crippen LogP contribution in [-0.2, 0) is 22.2 Å². The predicted molar refractivity (Wildman–Crippen MR) is 149 cm³/mol. The molecule has 0 aromatic carbocycles. The van der Waals surface area contributed by atoms with Gasteiger partial charge in [0.05, 0.1) is 36.5 Å². The first-order chi connectivity index (χ1) is 20.5. The third-order valence-electron chi connectivity index (χ3n) is 7.74. The van der Waals surface area contributed by atoms with Crippen molar-refractivity contribution >= 4 is 16.7 Å². The molecule has 10 nitrogen and oxygen atoms in total. The minimum absolute atomic E-state index is 0.00592. The first-order valence-electron chi connectivity index (χ1n) is 14.4. The molecule has 43 heavy (non-hydrogen) atoms. The molecule has 1 aliphatic carbocycles. The van der Waals surface area contributed by atoms with Gasteiger partial charge >= 0.3 is 6.18 Å². The second kappa shape index (κ2) is 11.4. The molecule has 0 amide bonds. The van der Waals surface area contributed by atoms with Gasteiger partial charge in [-0.25, -0.2) is 14.4 Å². The largest absolute Gasteiger partial charge is 0.472 e. The Morgan fingerprint density at radius 1 is 1.14 bits per heavy atom. The van der Waals surface area contributed by atoms with Gasteiger partial charge in [0.1, 0.15) is 23.7 Å². The van der Waals surface area contributed by atoms with Gasteiger partial charge in [0.2, 0.25) is 0 Å². The van der Waals surface area contributed by atoms with E-state index in [1.807, 2.05) is 42.4 Å². The fourth-order valence-electron chi connectivity index (χ4n) is 5.74. The standard InChI is InChI=1S/C29H33F4N7O3/c1-4-34-24-11-23-21(13-36-24)26(17-12-37-39(14-17)15-20-16-41-28(2,3)43-20)38-40(23)18-5-7-19(8-6-18)42-27-25(30)22(9-10-35-27)29(31,32)33/h9-14,18-20H,4-8,15-16H2,1-3H3,(H,34,36)/t18?,19?,20-/m0/s1. The smallest absolute Gasteiger partial charge is 0.419 e. The van der Waals surface area contributed by atoms with Crippen molar-refractivity contribution in [3.8, 4) is 17.1 Å². The van der Waals surface area contributed by atoms with Crippen LogP contribution in [0.4, 0.5) is 23.4 Å². The minimum atomic E-state index is -4.83. The molecule has 2 fully saturated rings. The monoisotopic (exact) mass is 603 g/mol. The third-order valence-corrected chi connectivity index (χ3v) is 7.74. The summed E-state index contributed by atoms with van der Waals surface area (Å²) in [6.07, 6.45) is 3.28. The lowest BCUT2D eigenvalue weighted by Crippen LogP contribution is -2.27. The molecule has 5 heterocycles. The van der Waals surface area contributed by atoms with Gasteiger partial charge in [-0.3, -0.25) is 9.36 Å². The van der Waals surface area contributed by atoms with Crippen molar-refractivity contribution in [2.24, 2.45) is 0 Å². The number of nitrogens with one attached hydrogen (secondary N) is 1. The van der Waals surface area contributed by atoms with E-state index in [1.165, 1.54) is 0 Å². The zero-order chi connectivity index (χ0) is 30.4. The lowest BCUT2D eigenvalue weighted by atomic mass is 9.93. The average molecular weight is 604 g/mol. The van der Waals surface area contributed by atoms with E-state index in [0.29, 0.717) is 51.4 Å². The maximum absolute atomic E-state index is 14.5. The molecule has 0 unspecified atom stereocenters. The number of anilines is 1. The van der Waals surface area contributed by atoms with Crippen molar-refractivity contribution < 1.29 is 31.8 Å². The van der Waals surface area contributed by atoms with Crippen LogP contribution in [0, 0.1) is 5.82 Å².